The van der Waals surface area contributed by atoms with Crippen LogP contribution < -0.4 is 0 Å². The van der Waals surface area contributed by atoms with E-state index in [-0.39, 0.29) is 36.2 Å². The van der Waals surface area contributed by atoms with Crippen LogP contribution in [0.5, 0.6) is 0 Å². The van der Waals surface area contributed by atoms with Gasteiger partial charge in [0.1, 0.15) is 0 Å². The van der Waals surface area contributed by atoms with Crippen molar-refractivity contribution in [2.75, 3.05) is 6.61 Å². The number of cyclic esters (lactones) is 1. The van der Waals surface area contributed by atoms with E-state index in [4.69, 9.17) is 4.74 Å². The van der Waals surface area contributed by atoms with Crippen molar-refractivity contribution in [3.05, 3.63) is 0 Å². The summed E-state index contributed by atoms with van der Waals surface area (Å²) in [6.07, 6.45) is 0.364. The molecule has 1 fully saturated rings. The van der Waals surface area contributed by atoms with Crippen LogP contribution in [0.1, 0.15) is 53.4 Å². The van der Waals surface area contributed by atoms with Gasteiger partial charge in [0.05, 0.1) is 30.8 Å². The zero-order valence-electron chi connectivity index (χ0n) is 14.2. The second-order valence-corrected chi connectivity index (χ2v) is 7.23. The maximum atomic E-state index is 12.0. The minimum absolute atomic E-state index is 0.165. The van der Waals surface area contributed by atoms with Gasteiger partial charge < -0.3 is 20.1 Å². The Hall–Kier alpha value is -0.650. The molecule has 5 heteroatoms. The molecule has 5 unspecified atom stereocenters. The number of aliphatic hydroxyl groups excluding tert-OH is 3. The second kappa shape index (κ2) is 8.85. The Labute approximate surface area is 133 Å². The Morgan fingerprint density at radius 3 is 2.27 bits per heavy atom. The van der Waals surface area contributed by atoms with Crippen molar-refractivity contribution in [3.8, 4) is 0 Å². The number of ether oxygens (including phenoxy) is 1. The zero-order chi connectivity index (χ0) is 16.9. The Kier molecular flexibility index (Phi) is 7.80. The van der Waals surface area contributed by atoms with Gasteiger partial charge >= 0.3 is 5.97 Å². The van der Waals surface area contributed by atoms with E-state index < -0.39 is 18.3 Å². The zero-order valence-corrected chi connectivity index (χ0v) is 14.2. The van der Waals surface area contributed by atoms with Crippen molar-refractivity contribution in [2.45, 2.75) is 71.7 Å². The van der Waals surface area contributed by atoms with E-state index in [1.54, 1.807) is 6.92 Å². The van der Waals surface area contributed by atoms with Crippen LogP contribution in [-0.4, -0.2) is 46.2 Å². The van der Waals surface area contributed by atoms with Gasteiger partial charge in [-0.2, -0.15) is 0 Å². The predicted molar refractivity (Wildman–Crippen MR) is 84.1 cm³/mol. The molecule has 0 aromatic heterocycles. The molecule has 0 amide bonds. The monoisotopic (exact) mass is 316 g/mol. The van der Waals surface area contributed by atoms with Gasteiger partial charge in [-0.05, 0) is 31.6 Å². The molecule has 0 radical (unpaired) electrons. The first-order valence-corrected chi connectivity index (χ1v) is 8.43. The molecular formula is C17H32O5. The van der Waals surface area contributed by atoms with Gasteiger partial charge in [0.2, 0.25) is 0 Å². The number of rotatable bonds is 0. The Morgan fingerprint density at radius 2 is 1.64 bits per heavy atom. The summed E-state index contributed by atoms with van der Waals surface area (Å²) < 4.78 is 5.30. The standard InChI is InChI=1S/C17H32O5/c1-10-7-11(2)17(21)22-9-12(3)16(20)13(4)15(19)6-5-14(18)8-10/h10-16,18-20H,5-9H2,1-4H3/t10-,11?,12-,13?,14?,15?,16?/m0/s1. The quantitative estimate of drug-likeness (QED) is 0.593. The van der Waals surface area contributed by atoms with Crippen molar-refractivity contribution in [2.24, 2.45) is 23.7 Å². The number of aliphatic hydroxyl groups is 3. The van der Waals surface area contributed by atoms with Gasteiger partial charge in [0.25, 0.3) is 0 Å². The van der Waals surface area contributed by atoms with Crippen LogP contribution in [0.25, 0.3) is 0 Å². The van der Waals surface area contributed by atoms with E-state index in [0.29, 0.717) is 25.7 Å². The fraction of sp³-hybridized carbons (Fsp3) is 0.941. The summed E-state index contributed by atoms with van der Waals surface area (Å²) in [4.78, 5) is 12.0. The summed E-state index contributed by atoms with van der Waals surface area (Å²) in [5.41, 5.74) is 0. The summed E-state index contributed by atoms with van der Waals surface area (Å²) in [5.74, 6) is -0.800. The average Bonchev–Trinajstić information content (AvgIpc) is 2.46. The van der Waals surface area contributed by atoms with Crippen LogP contribution in [0.15, 0.2) is 0 Å². The molecule has 22 heavy (non-hydrogen) atoms. The third kappa shape index (κ3) is 5.86. The van der Waals surface area contributed by atoms with Crippen LogP contribution in [0, 0.1) is 23.7 Å². The average molecular weight is 316 g/mol. The van der Waals surface area contributed by atoms with Crippen molar-refractivity contribution in [1.82, 2.24) is 0 Å². The molecule has 130 valence electrons. The lowest BCUT2D eigenvalue weighted by Gasteiger charge is -2.30. The van der Waals surface area contributed by atoms with E-state index in [9.17, 15) is 20.1 Å². The number of hydrogen-bond donors (Lipinski definition) is 3. The van der Waals surface area contributed by atoms with Crippen LogP contribution in [-0.2, 0) is 9.53 Å². The molecular weight excluding hydrogens is 284 g/mol. The van der Waals surface area contributed by atoms with E-state index in [1.807, 2.05) is 20.8 Å². The normalized spacial score (nSPS) is 43.2. The van der Waals surface area contributed by atoms with Gasteiger partial charge in [-0.25, -0.2) is 0 Å². The molecule has 3 N–H and O–H groups in total. The lowest BCUT2D eigenvalue weighted by atomic mass is 9.86. The van der Waals surface area contributed by atoms with E-state index in [0.717, 1.165) is 0 Å². The highest BCUT2D eigenvalue weighted by molar-refractivity contribution is 5.71. The molecule has 1 aliphatic heterocycles. The van der Waals surface area contributed by atoms with E-state index >= 15 is 0 Å². The fourth-order valence-electron chi connectivity index (χ4n) is 3.20. The summed E-state index contributed by atoms with van der Waals surface area (Å²) in [6, 6.07) is 0. The molecule has 7 atom stereocenters. The molecule has 0 saturated carbocycles. The van der Waals surface area contributed by atoms with Gasteiger partial charge in [0.15, 0.2) is 0 Å². The highest BCUT2D eigenvalue weighted by atomic mass is 16.5. The molecule has 1 heterocycles. The number of hydrogen-bond acceptors (Lipinski definition) is 5. The maximum absolute atomic E-state index is 12.0. The van der Waals surface area contributed by atoms with Crippen LogP contribution in [0.4, 0.5) is 0 Å². The SMILES string of the molecule is CC1C[C@H](C)CC(O)CCC(O)C(C)C(O)[C@@H](C)COC1=O. The van der Waals surface area contributed by atoms with Gasteiger partial charge in [-0.3, -0.25) is 4.79 Å². The minimum Gasteiger partial charge on any atom is -0.465 e. The van der Waals surface area contributed by atoms with E-state index in [1.165, 1.54) is 0 Å². The van der Waals surface area contributed by atoms with Gasteiger partial charge in [-0.15, -0.1) is 0 Å². The third-order valence-corrected chi connectivity index (χ3v) is 4.85. The molecule has 0 aromatic carbocycles. The molecule has 0 bridgehead atoms. The first kappa shape index (κ1) is 19.4. The molecule has 0 aliphatic carbocycles. The van der Waals surface area contributed by atoms with Crippen LogP contribution in [0.3, 0.4) is 0 Å². The lowest BCUT2D eigenvalue weighted by molar-refractivity contribution is -0.151. The van der Waals surface area contributed by atoms with Gasteiger partial charge in [0, 0.05) is 11.8 Å². The minimum atomic E-state index is -0.739. The molecule has 5 nitrogen and oxygen atoms in total. The van der Waals surface area contributed by atoms with Crippen molar-refractivity contribution in [3.63, 3.8) is 0 Å². The lowest BCUT2D eigenvalue weighted by Crippen LogP contribution is -2.37. The largest absolute Gasteiger partial charge is 0.465 e. The summed E-state index contributed by atoms with van der Waals surface area (Å²) in [5, 5.41) is 30.5. The highest BCUT2D eigenvalue weighted by Crippen LogP contribution is 2.25. The van der Waals surface area contributed by atoms with E-state index in [2.05, 4.69) is 0 Å². The Bertz CT molecular complexity index is 346. The molecule has 0 aromatic rings. The van der Waals surface area contributed by atoms with Crippen molar-refractivity contribution in [1.29, 1.82) is 0 Å². The Balaban J connectivity index is 2.77. The number of carbonyl (C=O) groups excluding carboxylic acids is 1. The summed E-state index contributed by atoms with van der Waals surface area (Å²) in [6.45, 7) is 7.62. The summed E-state index contributed by atoms with van der Waals surface area (Å²) >= 11 is 0. The first-order chi connectivity index (χ1) is 10.2. The topological polar surface area (TPSA) is 87.0 Å². The molecule has 1 aliphatic rings. The molecule has 1 rings (SSSR count). The first-order valence-electron chi connectivity index (χ1n) is 8.43. The molecule has 0 spiro atoms. The van der Waals surface area contributed by atoms with Crippen LogP contribution in [0.2, 0.25) is 0 Å². The van der Waals surface area contributed by atoms with Crippen molar-refractivity contribution < 1.29 is 24.9 Å². The number of esters is 1. The van der Waals surface area contributed by atoms with Crippen molar-refractivity contribution >= 4 is 5.97 Å². The highest BCUT2D eigenvalue weighted by Gasteiger charge is 2.29. The second-order valence-electron chi connectivity index (χ2n) is 7.23. The third-order valence-electron chi connectivity index (χ3n) is 4.85. The maximum Gasteiger partial charge on any atom is 0.308 e. The molecule has 1 saturated heterocycles. The van der Waals surface area contributed by atoms with Crippen LogP contribution >= 0.6 is 0 Å². The Morgan fingerprint density at radius 1 is 1.00 bits per heavy atom. The smallest absolute Gasteiger partial charge is 0.308 e. The predicted octanol–water partition coefficient (Wildman–Crippen LogP) is 1.73. The number of carbonyl (C=O) groups is 1. The summed E-state index contributed by atoms with van der Waals surface area (Å²) in [7, 11) is 0. The van der Waals surface area contributed by atoms with Gasteiger partial charge in [-0.1, -0.05) is 27.7 Å². The fourth-order valence-corrected chi connectivity index (χ4v) is 3.20.